The molecule has 0 bridgehead atoms. The number of benzene rings is 3. The van der Waals surface area contributed by atoms with Gasteiger partial charge in [0.2, 0.25) is 0 Å². The van der Waals surface area contributed by atoms with Crippen molar-refractivity contribution in [1.29, 1.82) is 0 Å². The number of carbonyl (C=O) groups is 1. The first-order chi connectivity index (χ1) is 16.5. The first-order valence-electron chi connectivity index (χ1n) is 11.3. The van der Waals surface area contributed by atoms with Gasteiger partial charge in [-0.15, -0.1) is 0 Å². The Kier molecular flexibility index (Phi) is 6.80. The lowest BCUT2D eigenvalue weighted by molar-refractivity contribution is -0.158. The highest BCUT2D eigenvalue weighted by Crippen LogP contribution is 2.44. The zero-order valence-electron chi connectivity index (χ0n) is 20.1. The predicted molar refractivity (Wildman–Crippen MR) is 138 cm³/mol. The van der Waals surface area contributed by atoms with Gasteiger partial charge in [-0.3, -0.25) is 4.31 Å². The molecular weight excluding hydrogens is 482 g/mol. The highest BCUT2D eigenvalue weighted by molar-refractivity contribution is 7.89. The molecule has 0 aliphatic carbocycles. The Hall–Kier alpha value is -3.09. The van der Waals surface area contributed by atoms with Gasteiger partial charge in [0.15, 0.2) is 6.04 Å². The van der Waals surface area contributed by atoms with Crippen molar-refractivity contribution in [3.05, 3.63) is 107 Å². The highest BCUT2D eigenvalue weighted by atomic mass is 35.5. The molecule has 5 nitrogen and oxygen atoms in total. The summed E-state index contributed by atoms with van der Waals surface area (Å²) >= 11 is 6.11. The molecule has 0 fully saturated rings. The fourth-order valence-electron chi connectivity index (χ4n) is 4.13. The Morgan fingerprint density at radius 1 is 0.914 bits per heavy atom. The SMILES string of the molecule is Cc1ccc(S(=O)(=O)N2C(c3ccccc3)=C[C@H](c3ccc(Cl)cc3)[C@H]2C(=O)OC(C)(C)C)cc1. The third-order valence-corrected chi connectivity index (χ3v) is 7.78. The number of sulfonamides is 1. The Balaban J connectivity index is 1.93. The number of aryl methyl sites for hydroxylation is 1. The summed E-state index contributed by atoms with van der Waals surface area (Å²) in [6, 6.07) is 21.8. The first-order valence-corrected chi connectivity index (χ1v) is 13.2. The molecule has 1 aliphatic rings. The maximum Gasteiger partial charge on any atom is 0.331 e. The van der Waals surface area contributed by atoms with E-state index >= 15 is 0 Å². The zero-order valence-corrected chi connectivity index (χ0v) is 21.7. The number of hydrogen-bond acceptors (Lipinski definition) is 4. The summed E-state index contributed by atoms with van der Waals surface area (Å²) in [5.74, 6) is -1.19. The van der Waals surface area contributed by atoms with Crippen LogP contribution in [0.15, 0.2) is 89.8 Å². The van der Waals surface area contributed by atoms with Crippen LogP contribution in [0.25, 0.3) is 5.70 Å². The fraction of sp³-hybridized carbons (Fsp3) is 0.250. The van der Waals surface area contributed by atoms with Crippen molar-refractivity contribution >= 4 is 33.3 Å². The largest absolute Gasteiger partial charge is 0.458 e. The second-order valence-electron chi connectivity index (χ2n) is 9.59. The minimum Gasteiger partial charge on any atom is -0.458 e. The molecule has 35 heavy (non-hydrogen) atoms. The summed E-state index contributed by atoms with van der Waals surface area (Å²) in [6.07, 6.45) is 1.83. The normalized spacial score (nSPS) is 18.3. The molecule has 2 atom stereocenters. The van der Waals surface area contributed by atoms with E-state index in [1.165, 1.54) is 4.31 Å². The third kappa shape index (κ3) is 5.29. The van der Waals surface area contributed by atoms with Crippen LogP contribution in [0.5, 0.6) is 0 Å². The number of nitrogens with zero attached hydrogens (tertiary/aromatic N) is 1. The lowest BCUT2D eigenvalue weighted by Gasteiger charge is -2.32. The number of carbonyl (C=O) groups excluding carboxylic acids is 1. The molecule has 0 saturated heterocycles. The van der Waals surface area contributed by atoms with Crippen molar-refractivity contribution in [2.45, 2.75) is 50.2 Å². The van der Waals surface area contributed by atoms with Gasteiger partial charge in [0.1, 0.15) is 5.60 Å². The third-order valence-electron chi connectivity index (χ3n) is 5.72. The molecule has 0 saturated carbocycles. The van der Waals surface area contributed by atoms with E-state index in [4.69, 9.17) is 16.3 Å². The molecule has 0 unspecified atom stereocenters. The van der Waals surface area contributed by atoms with Gasteiger partial charge in [0.25, 0.3) is 10.0 Å². The molecule has 0 aromatic heterocycles. The predicted octanol–water partition coefficient (Wildman–Crippen LogP) is 6.19. The first kappa shape index (κ1) is 25.0. The number of halogens is 1. The van der Waals surface area contributed by atoms with Gasteiger partial charge >= 0.3 is 5.97 Å². The van der Waals surface area contributed by atoms with Crippen LogP contribution in [0.3, 0.4) is 0 Å². The molecular formula is C28H28ClNO4S. The van der Waals surface area contributed by atoms with Crippen LogP contribution in [0.4, 0.5) is 0 Å². The van der Waals surface area contributed by atoms with Crippen LogP contribution in [0.2, 0.25) is 5.02 Å². The van der Waals surface area contributed by atoms with Crippen molar-refractivity contribution in [3.63, 3.8) is 0 Å². The van der Waals surface area contributed by atoms with Crippen molar-refractivity contribution in [2.24, 2.45) is 0 Å². The van der Waals surface area contributed by atoms with Crippen molar-refractivity contribution in [1.82, 2.24) is 4.31 Å². The van der Waals surface area contributed by atoms with E-state index < -0.39 is 33.6 Å². The van der Waals surface area contributed by atoms with Gasteiger partial charge in [0, 0.05) is 10.9 Å². The number of hydrogen-bond donors (Lipinski definition) is 0. The van der Waals surface area contributed by atoms with Crippen LogP contribution in [0, 0.1) is 6.92 Å². The summed E-state index contributed by atoms with van der Waals surface area (Å²) in [4.78, 5) is 13.7. The van der Waals surface area contributed by atoms with Crippen molar-refractivity contribution < 1.29 is 17.9 Å². The van der Waals surface area contributed by atoms with Crippen molar-refractivity contribution in [2.75, 3.05) is 0 Å². The molecule has 4 rings (SSSR count). The summed E-state index contributed by atoms with van der Waals surface area (Å²) < 4.78 is 35.2. The number of ether oxygens (including phenoxy) is 1. The van der Waals surface area contributed by atoms with Crippen molar-refractivity contribution in [3.8, 4) is 0 Å². The summed E-state index contributed by atoms with van der Waals surface area (Å²) in [5, 5.41) is 0.553. The van der Waals surface area contributed by atoms with Crippen LogP contribution in [-0.4, -0.2) is 30.3 Å². The molecule has 3 aromatic carbocycles. The lowest BCUT2D eigenvalue weighted by atomic mass is 9.93. The van der Waals surface area contributed by atoms with E-state index in [1.807, 2.05) is 55.5 Å². The molecule has 0 amide bonds. The minimum absolute atomic E-state index is 0.107. The average Bonchev–Trinajstić information content (AvgIpc) is 3.21. The van der Waals surface area contributed by atoms with E-state index in [0.29, 0.717) is 16.3 Å². The fourth-order valence-corrected chi connectivity index (χ4v) is 5.91. The highest BCUT2D eigenvalue weighted by Gasteiger charge is 2.48. The topological polar surface area (TPSA) is 63.7 Å². The van der Waals surface area contributed by atoms with Gasteiger partial charge < -0.3 is 4.74 Å². The zero-order chi connectivity index (χ0) is 25.4. The van der Waals surface area contributed by atoms with Crippen LogP contribution >= 0.6 is 11.6 Å². The Morgan fingerprint density at radius 2 is 1.51 bits per heavy atom. The van der Waals surface area contributed by atoms with E-state index in [1.54, 1.807) is 57.2 Å². The van der Waals surface area contributed by atoms with Gasteiger partial charge in [-0.25, -0.2) is 13.2 Å². The molecule has 1 aliphatic heterocycles. The van der Waals surface area contributed by atoms with Crippen LogP contribution in [-0.2, 0) is 19.6 Å². The maximum absolute atomic E-state index is 14.1. The molecule has 182 valence electrons. The molecule has 7 heteroatoms. The molecule has 1 heterocycles. The Morgan fingerprint density at radius 3 is 2.09 bits per heavy atom. The van der Waals surface area contributed by atoms with Gasteiger partial charge in [0.05, 0.1) is 10.6 Å². The van der Waals surface area contributed by atoms with E-state index in [-0.39, 0.29) is 4.90 Å². The maximum atomic E-state index is 14.1. The summed E-state index contributed by atoms with van der Waals surface area (Å²) in [7, 11) is -4.11. The van der Waals surface area contributed by atoms with Gasteiger partial charge in [-0.1, -0.05) is 71.8 Å². The van der Waals surface area contributed by atoms with E-state index in [9.17, 15) is 13.2 Å². The minimum atomic E-state index is -4.11. The second kappa shape index (κ2) is 9.51. The summed E-state index contributed by atoms with van der Waals surface area (Å²) in [5.41, 5.74) is 2.03. The molecule has 0 radical (unpaired) electrons. The monoisotopic (exact) mass is 509 g/mol. The van der Waals surface area contributed by atoms with E-state index in [0.717, 1.165) is 11.1 Å². The quantitative estimate of drug-likeness (QED) is 0.385. The standard InChI is InChI=1S/C28H28ClNO4S/c1-19-10-16-23(17-11-19)35(32,33)30-25(21-8-6-5-7-9-21)18-24(20-12-14-22(29)15-13-20)26(30)27(31)34-28(2,3)4/h5-18,24,26H,1-4H3/t24-,26+/m1/s1. The molecule has 0 spiro atoms. The van der Waals surface area contributed by atoms with Crippen LogP contribution in [0.1, 0.15) is 43.4 Å². The van der Waals surface area contributed by atoms with Gasteiger partial charge in [-0.2, -0.15) is 0 Å². The smallest absolute Gasteiger partial charge is 0.331 e. The van der Waals surface area contributed by atoms with Crippen LogP contribution < -0.4 is 0 Å². The summed E-state index contributed by atoms with van der Waals surface area (Å²) in [6.45, 7) is 7.19. The number of esters is 1. The Bertz CT molecular complexity index is 1340. The molecule has 0 N–H and O–H groups in total. The Labute approximate surface area is 212 Å². The number of rotatable bonds is 5. The van der Waals surface area contributed by atoms with E-state index in [2.05, 4.69) is 0 Å². The average molecular weight is 510 g/mol. The molecule has 3 aromatic rings. The van der Waals surface area contributed by atoms with Gasteiger partial charge in [-0.05, 0) is 69.2 Å². The lowest BCUT2D eigenvalue weighted by Crippen LogP contribution is -2.46. The second-order valence-corrected chi connectivity index (χ2v) is 11.8.